The minimum Gasteiger partial charge on any atom is -0.453 e. The van der Waals surface area contributed by atoms with Gasteiger partial charge in [0, 0.05) is 19.4 Å². The molecule has 306 valence electrons. The van der Waals surface area contributed by atoms with E-state index in [1.54, 1.807) is 26.2 Å². The van der Waals surface area contributed by atoms with Gasteiger partial charge in [-0.25, -0.2) is 33.3 Å². The second-order valence-corrected chi connectivity index (χ2v) is 15.0. The molecule has 58 heavy (non-hydrogen) atoms. The van der Waals surface area contributed by atoms with E-state index in [1.807, 2.05) is 48.5 Å². The normalized spacial score (nSPS) is 21.0. The molecule has 0 aliphatic carbocycles. The maximum atomic E-state index is 14.8. The number of imidazole rings is 2. The Balaban J connectivity index is 1.04. The van der Waals surface area contributed by atoms with Crippen LogP contribution in [0.25, 0.3) is 33.6 Å². The van der Waals surface area contributed by atoms with Gasteiger partial charge < -0.3 is 35.0 Å². The number of likely N-dealkylation sites (tertiary alicyclic amines) is 1. The lowest BCUT2D eigenvalue weighted by Crippen LogP contribution is -2.57. The van der Waals surface area contributed by atoms with Crippen molar-refractivity contribution in [1.82, 2.24) is 45.5 Å². The van der Waals surface area contributed by atoms with Gasteiger partial charge in [0.05, 0.1) is 50.6 Å². The number of carbonyl (C=O) groups is 5. The van der Waals surface area contributed by atoms with E-state index in [0.29, 0.717) is 30.9 Å². The molecule has 0 bridgehead atoms. The van der Waals surface area contributed by atoms with Crippen molar-refractivity contribution in [1.29, 1.82) is 0 Å². The molecule has 4 aromatic rings. The highest BCUT2D eigenvalue weighted by Crippen LogP contribution is 2.41. The zero-order chi connectivity index (χ0) is 41.3. The Labute approximate surface area is 332 Å². The standard InChI is InChI=1S/C40H45F2N9O7/c1-22(2)33(48-39(56)58-4)37(54)49-21-40(41,42)18-31(49)35-44-20-29(46-35)26-13-9-24(10-14-26)23-7-11-25(12-8-23)28-19-43-34(45-28)30-6-5-17-50-32(52)16-15-27(36(53)51(30)50)47-38(55)57-3/h7-14,19-20,22,27,30-31,33H,5-6,15-18,21H2,1-4H3,(H,43,45)(H,44,46)(H,47,55)(H,48,56)/t27-,30-,31?,33?/m0/s1. The molecule has 3 saturated heterocycles. The van der Waals surface area contributed by atoms with Gasteiger partial charge in [0.25, 0.3) is 11.8 Å². The van der Waals surface area contributed by atoms with Gasteiger partial charge in [-0.15, -0.1) is 0 Å². The molecular weight excluding hydrogens is 756 g/mol. The first-order valence-corrected chi connectivity index (χ1v) is 19.1. The molecule has 4 N–H and O–H groups in total. The number of alkyl halides is 2. The van der Waals surface area contributed by atoms with E-state index in [0.717, 1.165) is 32.8 Å². The SMILES string of the molecule is COC(=O)NC(C(=O)N1CC(F)(F)CC1c1ncc(-c2ccc(-c3ccc(-c4cnc([C@@H]5CCCN6C(=O)CC[C@H](NC(=O)OC)C(=O)N56)[nH]4)cc3)cc2)[nH]1)C(C)C. The maximum Gasteiger partial charge on any atom is 0.407 e. The molecule has 0 spiro atoms. The van der Waals surface area contributed by atoms with E-state index in [9.17, 15) is 32.8 Å². The number of amides is 5. The summed E-state index contributed by atoms with van der Waals surface area (Å²) in [6, 6.07) is 11.9. The van der Waals surface area contributed by atoms with Gasteiger partial charge in [-0.1, -0.05) is 62.4 Å². The maximum absolute atomic E-state index is 14.8. The van der Waals surface area contributed by atoms with Crippen molar-refractivity contribution in [3.63, 3.8) is 0 Å². The zero-order valence-corrected chi connectivity index (χ0v) is 32.5. The van der Waals surface area contributed by atoms with Gasteiger partial charge in [-0.2, -0.15) is 0 Å². The predicted octanol–water partition coefficient (Wildman–Crippen LogP) is 5.35. The van der Waals surface area contributed by atoms with E-state index in [2.05, 4.69) is 35.3 Å². The van der Waals surface area contributed by atoms with Crippen LogP contribution in [0.4, 0.5) is 18.4 Å². The summed E-state index contributed by atoms with van der Waals surface area (Å²) >= 11 is 0. The fourth-order valence-electron chi connectivity index (χ4n) is 7.78. The highest BCUT2D eigenvalue weighted by molar-refractivity contribution is 5.91. The topological polar surface area (TPSA) is 195 Å². The lowest BCUT2D eigenvalue weighted by atomic mass is 10.0. The molecular formula is C40H45F2N9O7. The molecule has 7 rings (SSSR count). The van der Waals surface area contributed by atoms with Gasteiger partial charge in [0.2, 0.25) is 11.8 Å². The highest BCUT2D eigenvalue weighted by atomic mass is 19.3. The summed E-state index contributed by atoms with van der Waals surface area (Å²) in [5.41, 5.74) is 4.78. The van der Waals surface area contributed by atoms with Crippen molar-refractivity contribution in [2.45, 2.75) is 76.0 Å². The van der Waals surface area contributed by atoms with Crippen LogP contribution in [-0.4, -0.2) is 110 Å². The summed E-state index contributed by atoms with van der Waals surface area (Å²) in [6.07, 6.45) is 2.58. The monoisotopic (exact) mass is 801 g/mol. The molecule has 16 nitrogen and oxygen atoms in total. The highest BCUT2D eigenvalue weighted by Gasteiger charge is 2.50. The van der Waals surface area contributed by atoms with E-state index < -0.39 is 67.1 Å². The molecule has 3 fully saturated rings. The van der Waals surface area contributed by atoms with Gasteiger partial charge >= 0.3 is 12.2 Å². The van der Waals surface area contributed by atoms with Gasteiger partial charge in [-0.05, 0) is 47.4 Å². The Kier molecular flexibility index (Phi) is 11.2. The van der Waals surface area contributed by atoms with Crippen LogP contribution in [0.2, 0.25) is 0 Å². The van der Waals surface area contributed by atoms with Crippen molar-refractivity contribution >= 4 is 29.9 Å². The third-order valence-electron chi connectivity index (χ3n) is 10.8. The second-order valence-electron chi connectivity index (χ2n) is 15.0. The number of fused-ring (bicyclic) bond motifs is 1. The number of hydrazine groups is 1. The molecule has 18 heteroatoms. The summed E-state index contributed by atoms with van der Waals surface area (Å²) in [4.78, 5) is 80.6. The fraction of sp³-hybridized carbons (Fsp3) is 0.425. The van der Waals surface area contributed by atoms with E-state index >= 15 is 0 Å². The van der Waals surface area contributed by atoms with Crippen LogP contribution in [0.3, 0.4) is 0 Å². The minimum atomic E-state index is -3.14. The number of ether oxygens (including phenoxy) is 2. The number of nitrogens with zero attached hydrogens (tertiary/aromatic N) is 5. The predicted molar refractivity (Wildman–Crippen MR) is 204 cm³/mol. The lowest BCUT2D eigenvalue weighted by Gasteiger charge is -2.42. The molecule has 4 atom stereocenters. The van der Waals surface area contributed by atoms with Crippen LogP contribution in [0.5, 0.6) is 0 Å². The molecule has 5 heterocycles. The van der Waals surface area contributed by atoms with Crippen molar-refractivity contribution in [3.05, 3.63) is 72.6 Å². The molecule has 3 aliphatic heterocycles. The minimum absolute atomic E-state index is 0.109. The number of H-pyrrole nitrogens is 2. The van der Waals surface area contributed by atoms with Crippen molar-refractivity contribution in [2.75, 3.05) is 27.3 Å². The Morgan fingerprint density at radius 1 is 0.828 bits per heavy atom. The third kappa shape index (κ3) is 8.08. The van der Waals surface area contributed by atoms with Crippen LogP contribution in [-0.2, 0) is 23.9 Å². The zero-order valence-electron chi connectivity index (χ0n) is 32.5. The summed E-state index contributed by atoms with van der Waals surface area (Å²) in [7, 11) is 2.38. The Hall–Kier alpha value is -6.33. The molecule has 2 aromatic heterocycles. The number of halogens is 2. The number of hydrogen-bond acceptors (Lipinski definition) is 9. The van der Waals surface area contributed by atoms with Gasteiger partial charge in [0.15, 0.2) is 0 Å². The summed E-state index contributed by atoms with van der Waals surface area (Å²) in [5, 5.41) is 7.92. The number of aromatic nitrogens is 4. The molecule has 0 radical (unpaired) electrons. The Bertz CT molecular complexity index is 2170. The molecule has 3 aliphatic rings. The summed E-state index contributed by atoms with van der Waals surface area (Å²) in [6.45, 7) is 3.01. The number of aromatic amines is 2. The average molecular weight is 802 g/mol. The fourth-order valence-corrected chi connectivity index (χ4v) is 7.78. The van der Waals surface area contributed by atoms with Gasteiger partial charge in [0.1, 0.15) is 29.8 Å². The quantitative estimate of drug-likeness (QED) is 0.173. The van der Waals surface area contributed by atoms with E-state index in [4.69, 9.17) is 4.74 Å². The third-order valence-corrected chi connectivity index (χ3v) is 10.8. The number of nitrogens with one attached hydrogen (secondary N) is 4. The second kappa shape index (κ2) is 16.3. The first-order valence-electron chi connectivity index (χ1n) is 19.1. The molecule has 0 saturated carbocycles. The molecule has 2 aromatic carbocycles. The number of carbonyl (C=O) groups excluding carboxylic acids is 5. The number of methoxy groups -OCH3 is 2. The molecule has 5 amide bonds. The number of hydrogen-bond donors (Lipinski definition) is 4. The van der Waals surface area contributed by atoms with E-state index in [-0.39, 0.29) is 30.5 Å². The number of alkyl carbamates (subject to hydrolysis) is 2. The van der Waals surface area contributed by atoms with Crippen LogP contribution >= 0.6 is 0 Å². The largest absolute Gasteiger partial charge is 0.453 e. The lowest BCUT2D eigenvalue weighted by molar-refractivity contribution is -0.174. The number of rotatable bonds is 9. The first-order chi connectivity index (χ1) is 27.8. The van der Waals surface area contributed by atoms with Gasteiger partial charge in [-0.3, -0.25) is 19.4 Å². The van der Waals surface area contributed by atoms with Crippen LogP contribution in [0.15, 0.2) is 60.9 Å². The molecule has 2 unspecified atom stereocenters. The van der Waals surface area contributed by atoms with Crippen LogP contribution in [0, 0.1) is 5.92 Å². The smallest absolute Gasteiger partial charge is 0.407 e. The van der Waals surface area contributed by atoms with Crippen molar-refractivity contribution < 1.29 is 42.2 Å². The average Bonchev–Trinajstić information content (AvgIpc) is 3.98. The van der Waals surface area contributed by atoms with Crippen molar-refractivity contribution in [2.24, 2.45) is 5.92 Å². The van der Waals surface area contributed by atoms with Crippen LogP contribution in [0.1, 0.15) is 69.7 Å². The Morgan fingerprint density at radius 3 is 1.93 bits per heavy atom. The Morgan fingerprint density at radius 2 is 1.38 bits per heavy atom. The first kappa shape index (κ1) is 39.9. The van der Waals surface area contributed by atoms with Crippen molar-refractivity contribution in [3.8, 4) is 33.6 Å². The van der Waals surface area contributed by atoms with E-state index in [1.165, 1.54) is 24.2 Å². The van der Waals surface area contributed by atoms with Crippen LogP contribution < -0.4 is 10.6 Å². The number of benzene rings is 2. The summed E-state index contributed by atoms with van der Waals surface area (Å²) < 4.78 is 38.9. The summed E-state index contributed by atoms with van der Waals surface area (Å²) in [5.74, 6) is -4.01.